The van der Waals surface area contributed by atoms with Crippen LogP contribution in [0.1, 0.15) is 0 Å². The number of halogens is 5. The van der Waals surface area contributed by atoms with Gasteiger partial charge in [0.25, 0.3) is 0 Å². The molecular formula is C9HBr5O2. The number of ether oxygens (including phenoxy) is 1. The molecule has 0 heterocycles. The fourth-order valence-corrected chi connectivity index (χ4v) is 3.97. The lowest BCUT2D eigenvalue weighted by molar-refractivity contribution is -0.128. The summed E-state index contributed by atoms with van der Waals surface area (Å²) in [6.07, 6.45) is 4.94. The molecule has 1 rings (SSSR count). The summed E-state index contributed by atoms with van der Waals surface area (Å²) in [5.74, 6) is 1.42. The van der Waals surface area contributed by atoms with E-state index in [1.807, 2.05) is 5.92 Å². The van der Waals surface area contributed by atoms with Crippen LogP contribution in [0, 0.1) is 12.3 Å². The molecule has 0 atom stereocenters. The lowest BCUT2D eigenvalue weighted by Crippen LogP contribution is -2.05. The molecule has 0 bridgehead atoms. The van der Waals surface area contributed by atoms with Crippen LogP contribution in [0.3, 0.4) is 0 Å². The maximum absolute atomic E-state index is 11.1. The van der Waals surface area contributed by atoms with Crippen molar-refractivity contribution < 1.29 is 9.53 Å². The van der Waals surface area contributed by atoms with Crippen molar-refractivity contribution in [2.24, 2.45) is 0 Å². The number of hydrogen-bond donors (Lipinski definition) is 0. The van der Waals surface area contributed by atoms with Crippen LogP contribution in [0.5, 0.6) is 5.75 Å². The van der Waals surface area contributed by atoms with E-state index in [1.54, 1.807) is 0 Å². The highest BCUT2D eigenvalue weighted by atomic mass is 79.9. The topological polar surface area (TPSA) is 26.3 Å². The minimum Gasteiger partial charge on any atom is -0.414 e. The van der Waals surface area contributed by atoms with Crippen LogP contribution in [0.4, 0.5) is 0 Å². The Kier molecular flexibility index (Phi) is 5.52. The first-order chi connectivity index (χ1) is 7.40. The molecule has 1 aromatic carbocycles. The van der Waals surface area contributed by atoms with E-state index in [4.69, 9.17) is 11.2 Å². The molecule has 0 saturated heterocycles. The van der Waals surface area contributed by atoms with Gasteiger partial charge < -0.3 is 4.74 Å². The molecule has 0 amide bonds. The van der Waals surface area contributed by atoms with Gasteiger partial charge in [-0.3, -0.25) is 0 Å². The number of benzene rings is 1. The highest BCUT2D eigenvalue weighted by Crippen LogP contribution is 2.48. The summed E-state index contributed by atoms with van der Waals surface area (Å²) in [5, 5.41) is 0. The maximum atomic E-state index is 11.1. The van der Waals surface area contributed by atoms with Gasteiger partial charge in [0.2, 0.25) is 0 Å². The van der Waals surface area contributed by atoms with E-state index in [1.165, 1.54) is 0 Å². The average Bonchev–Trinajstić information content (AvgIpc) is 2.29. The molecule has 0 aromatic heterocycles. The Hall–Kier alpha value is 0.650. The summed E-state index contributed by atoms with van der Waals surface area (Å²) in [5.41, 5.74) is 0. The quantitative estimate of drug-likeness (QED) is 0.125. The number of rotatable bonds is 1. The van der Waals surface area contributed by atoms with Crippen LogP contribution in [0.15, 0.2) is 22.4 Å². The van der Waals surface area contributed by atoms with Gasteiger partial charge in [-0.15, -0.1) is 6.42 Å². The summed E-state index contributed by atoms with van der Waals surface area (Å²) in [4.78, 5) is 11.1. The van der Waals surface area contributed by atoms with Crippen LogP contribution in [0.25, 0.3) is 0 Å². The van der Waals surface area contributed by atoms with E-state index in [9.17, 15) is 4.79 Å². The van der Waals surface area contributed by atoms with Crippen molar-refractivity contribution in [1.82, 2.24) is 0 Å². The van der Waals surface area contributed by atoms with Crippen LogP contribution >= 0.6 is 79.6 Å². The smallest absolute Gasteiger partial charge is 0.389 e. The van der Waals surface area contributed by atoms with Crippen molar-refractivity contribution in [3.8, 4) is 18.1 Å². The lowest BCUT2D eigenvalue weighted by Gasteiger charge is -2.11. The van der Waals surface area contributed by atoms with Crippen molar-refractivity contribution in [2.75, 3.05) is 0 Å². The van der Waals surface area contributed by atoms with E-state index in [0.29, 0.717) is 23.6 Å². The first kappa shape index (κ1) is 14.7. The highest BCUT2D eigenvalue weighted by molar-refractivity contribution is 9.15. The Morgan fingerprint density at radius 2 is 1.31 bits per heavy atom. The van der Waals surface area contributed by atoms with Gasteiger partial charge in [-0.2, -0.15) is 0 Å². The third-order valence-corrected chi connectivity index (χ3v) is 7.50. The first-order valence-electron chi connectivity index (χ1n) is 3.60. The Labute approximate surface area is 134 Å². The zero-order chi connectivity index (χ0) is 12.5. The van der Waals surface area contributed by atoms with Gasteiger partial charge in [-0.05, 0) is 79.6 Å². The molecule has 0 aliphatic carbocycles. The predicted molar refractivity (Wildman–Crippen MR) is 79.4 cm³/mol. The SMILES string of the molecule is C#CC(=O)Oc1c(Br)c(Br)c(Br)c(Br)c1Br. The molecular weight excluding hydrogens is 540 g/mol. The van der Waals surface area contributed by atoms with Crippen molar-refractivity contribution in [3.05, 3.63) is 22.4 Å². The van der Waals surface area contributed by atoms with Crippen LogP contribution in [-0.4, -0.2) is 5.97 Å². The van der Waals surface area contributed by atoms with Crippen molar-refractivity contribution in [2.45, 2.75) is 0 Å². The summed E-state index contributed by atoms with van der Waals surface area (Å²) >= 11 is 16.6. The fraction of sp³-hybridized carbons (Fsp3) is 0. The number of esters is 1. The van der Waals surface area contributed by atoms with E-state index >= 15 is 0 Å². The molecule has 1 aromatic rings. The molecule has 16 heavy (non-hydrogen) atoms. The van der Waals surface area contributed by atoms with Crippen LogP contribution < -0.4 is 4.74 Å². The van der Waals surface area contributed by atoms with E-state index in [-0.39, 0.29) is 0 Å². The van der Waals surface area contributed by atoms with E-state index in [2.05, 4.69) is 79.6 Å². The molecule has 0 N–H and O–H groups in total. The largest absolute Gasteiger partial charge is 0.414 e. The fourth-order valence-electron chi connectivity index (χ4n) is 0.797. The molecule has 84 valence electrons. The second kappa shape index (κ2) is 6.01. The third-order valence-electron chi connectivity index (χ3n) is 1.48. The Morgan fingerprint density at radius 3 is 1.69 bits per heavy atom. The Bertz CT molecular complexity index is 475. The molecule has 7 heteroatoms. The maximum Gasteiger partial charge on any atom is 0.389 e. The monoisotopic (exact) mass is 536 g/mol. The number of hydrogen-bond acceptors (Lipinski definition) is 2. The minimum absolute atomic E-state index is 0.310. The lowest BCUT2D eigenvalue weighted by atomic mass is 10.3. The van der Waals surface area contributed by atoms with Gasteiger partial charge in [-0.25, -0.2) is 4.79 Å². The zero-order valence-corrected chi connectivity index (χ0v) is 15.2. The number of carbonyl (C=O) groups is 1. The second-order valence-electron chi connectivity index (χ2n) is 2.43. The van der Waals surface area contributed by atoms with E-state index < -0.39 is 5.97 Å². The normalized spacial score (nSPS) is 9.75. The Balaban J connectivity index is 3.41. The second-order valence-corrected chi connectivity index (χ2v) is 6.40. The van der Waals surface area contributed by atoms with Gasteiger partial charge in [0, 0.05) is 10.4 Å². The van der Waals surface area contributed by atoms with E-state index in [0.717, 1.165) is 4.47 Å². The molecule has 2 nitrogen and oxygen atoms in total. The summed E-state index contributed by atoms with van der Waals surface area (Å²) < 4.78 is 8.36. The van der Waals surface area contributed by atoms with Crippen LogP contribution in [0.2, 0.25) is 0 Å². The number of terminal acetylenes is 1. The molecule has 0 unspecified atom stereocenters. The summed E-state index contributed by atoms with van der Waals surface area (Å²) in [6, 6.07) is 0. The molecule has 0 aliphatic heterocycles. The van der Waals surface area contributed by atoms with Gasteiger partial charge in [0.15, 0.2) is 5.75 Å². The van der Waals surface area contributed by atoms with Crippen molar-refractivity contribution in [3.63, 3.8) is 0 Å². The number of carbonyl (C=O) groups excluding carboxylic acids is 1. The molecule has 0 spiro atoms. The van der Waals surface area contributed by atoms with Gasteiger partial charge in [0.1, 0.15) is 0 Å². The zero-order valence-electron chi connectivity index (χ0n) is 7.28. The minimum atomic E-state index is -0.762. The third kappa shape index (κ3) is 2.91. The average molecular weight is 541 g/mol. The molecule has 0 radical (unpaired) electrons. The molecule has 0 aliphatic rings. The van der Waals surface area contributed by atoms with Gasteiger partial charge in [-0.1, -0.05) is 0 Å². The Morgan fingerprint density at radius 1 is 0.938 bits per heavy atom. The molecule has 0 saturated carbocycles. The predicted octanol–water partition coefficient (Wildman–Crippen LogP) is 5.04. The van der Waals surface area contributed by atoms with Crippen molar-refractivity contribution in [1.29, 1.82) is 0 Å². The van der Waals surface area contributed by atoms with Gasteiger partial charge in [0.05, 0.1) is 17.9 Å². The molecule has 0 fully saturated rings. The first-order valence-corrected chi connectivity index (χ1v) is 7.56. The summed E-state index contributed by atoms with van der Waals surface area (Å²) in [7, 11) is 0. The summed E-state index contributed by atoms with van der Waals surface area (Å²) in [6.45, 7) is 0. The van der Waals surface area contributed by atoms with Crippen LogP contribution in [-0.2, 0) is 4.79 Å². The van der Waals surface area contributed by atoms with Gasteiger partial charge >= 0.3 is 5.97 Å². The van der Waals surface area contributed by atoms with Crippen molar-refractivity contribution >= 4 is 85.6 Å². The highest BCUT2D eigenvalue weighted by Gasteiger charge is 2.20. The standard InChI is InChI=1S/C9HBr5O2/c1-2-3(15)16-9-7(13)5(11)4(10)6(12)8(9)14/h1H.